The van der Waals surface area contributed by atoms with Gasteiger partial charge >= 0.3 is 0 Å². The average Bonchev–Trinajstić information content (AvgIpc) is 2.46. The van der Waals surface area contributed by atoms with Crippen LogP contribution in [0, 0.1) is 0 Å². The van der Waals surface area contributed by atoms with Gasteiger partial charge in [-0.05, 0) is 30.7 Å². The Kier molecular flexibility index (Phi) is 5.27. The van der Waals surface area contributed by atoms with Crippen LogP contribution >= 0.6 is 12.2 Å². The molecule has 0 fully saturated rings. The lowest BCUT2D eigenvalue weighted by Gasteiger charge is -2.09. The molecule has 2 aromatic carbocycles. The average molecular weight is 322 g/mol. The number of hydrogen-bond donors (Lipinski definition) is 2. The highest BCUT2D eigenvalue weighted by Crippen LogP contribution is 2.22. The molecule has 0 atom stereocenters. The predicted octanol–water partition coefficient (Wildman–Crippen LogP) is 2.57. The van der Waals surface area contributed by atoms with E-state index < -0.39 is 10.0 Å². The molecule has 0 radical (unpaired) electrons. The van der Waals surface area contributed by atoms with E-state index in [1.54, 1.807) is 12.1 Å². The Balaban J connectivity index is 2.10. The number of thiocarbonyl (C=S) groups is 1. The van der Waals surface area contributed by atoms with Gasteiger partial charge in [-0.2, -0.15) is 0 Å². The first-order valence-electron chi connectivity index (χ1n) is 6.76. The fourth-order valence-corrected chi connectivity index (χ4v) is 3.58. The van der Waals surface area contributed by atoms with Crippen LogP contribution in [0.25, 0.3) is 10.8 Å². The number of sulfonamides is 1. The van der Waals surface area contributed by atoms with E-state index in [-0.39, 0.29) is 0 Å². The van der Waals surface area contributed by atoms with Gasteiger partial charge in [0.25, 0.3) is 0 Å². The minimum Gasteiger partial charge on any atom is -0.393 e. The van der Waals surface area contributed by atoms with Crippen molar-refractivity contribution in [3.05, 3.63) is 42.5 Å². The van der Waals surface area contributed by atoms with Crippen LogP contribution < -0.4 is 10.5 Å². The van der Waals surface area contributed by atoms with Crippen molar-refractivity contribution in [1.29, 1.82) is 0 Å². The van der Waals surface area contributed by atoms with Gasteiger partial charge < -0.3 is 5.73 Å². The summed E-state index contributed by atoms with van der Waals surface area (Å²) in [5.41, 5.74) is 5.41. The smallest absolute Gasteiger partial charge is 0.241 e. The SMILES string of the molecule is NC(=S)CCCCNS(=O)(=O)c1cccc2ccccc12. The summed E-state index contributed by atoms with van der Waals surface area (Å²) in [6.07, 6.45) is 2.14. The van der Waals surface area contributed by atoms with Crippen molar-refractivity contribution >= 4 is 38.0 Å². The zero-order valence-electron chi connectivity index (χ0n) is 11.6. The van der Waals surface area contributed by atoms with Crippen molar-refractivity contribution in [2.75, 3.05) is 6.54 Å². The Labute approximate surface area is 130 Å². The normalized spacial score (nSPS) is 11.6. The first-order valence-corrected chi connectivity index (χ1v) is 8.65. The van der Waals surface area contributed by atoms with E-state index in [2.05, 4.69) is 4.72 Å². The first kappa shape index (κ1) is 15.9. The molecular formula is C15H18N2O2S2. The summed E-state index contributed by atoms with van der Waals surface area (Å²) in [5, 5.41) is 1.64. The zero-order chi connectivity index (χ0) is 15.3. The third-order valence-electron chi connectivity index (χ3n) is 3.18. The maximum absolute atomic E-state index is 12.4. The summed E-state index contributed by atoms with van der Waals surface area (Å²) in [4.78, 5) is 0.779. The second-order valence-corrected chi connectivity index (χ2v) is 7.06. The highest BCUT2D eigenvalue weighted by atomic mass is 32.2. The van der Waals surface area contributed by atoms with Crippen LogP contribution in [0.1, 0.15) is 19.3 Å². The number of fused-ring (bicyclic) bond motifs is 1. The molecule has 0 heterocycles. The van der Waals surface area contributed by atoms with Gasteiger partial charge in [-0.1, -0.05) is 48.6 Å². The van der Waals surface area contributed by atoms with Crippen LogP contribution in [-0.2, 0) is 10.0 Å². The second kappa shape index (κ2) is 6.98. The third kappa shape index (κ3) is 4.23. The van der Waals surface area contributed by atoms with E-state index in [0.717, 1.165) is 17.2 Å². The van der Waals surface area contributed by atoms with Crippen molar-refractivity contribution in [2.45, 2.75) is 24.2 Å². The summed E-state index contributed by atoms with van der Waals surface area (Å²) in [5.74, 6) is 0. The monoisotopic (exact) mass is 322 g/mol. The van der Waals surface area contributed by atoms with Gasteiger partial charge in [0.05, 0.1) is 9.88 Å². The molecule has 0 bridgehead atoms. The highest BCUT2D eigenvalue weighted by Gasteiger charge is 2.16. The van der Waals surface area contributed by atoms with Crippen LogP contribution in [0.3, 0.4) is 0 Å². The maximum Gasteiger partial charge on any atom is 0.241 e. The number of nitrogens with two attached hydrogens (primary N) is 1. The molecule has 0 amide bonds. The fourth-order valence-electron chi connectivity index (χ4n) is 2.14. The lowest BCUT2D eigenvalue weighted by Crippen LogP contribution is -2.25. The van der Waals surface area contributed by atoms with Crippen molar-refractivity contribution in [3.63, 3.8) is 0 Å². The highest BCUT2D eigenvalue weighted by molar-refractivity contribution is 7.89. The summed E-state index contributed by atoms with van der Waals surface area (Å²) in [6.45, 7) is 0.383. The maximum atomic E-state index is 12.4. The quantitative estimate of drug-likeness (QED) is 0.607. The molecule has 0 aliphatic heterocycles. The molecule has 2 rings (SSSR count). The van der Waals surface area contributed by atoms with Crippen molar-refractivity contribution in [3.8, 4) is 0 Å². The minimum absolute atomic E-state index is 0.315. The molecule has 2 aromatic rings. The van der Waals surface area contributed by atoms with Crippen LogP contribution in [0.5, 0.6) is 0 Å². The van der Waals surface area contributed by atoms with Gasteiger partial charge in [-0.3, -0.25) is 0 Å². The summed E-state index contributed by atoms with van der Waals surface area (Å²) in [7, 11) is -3.50. The second-order valence-electron chi connectivity index (χ2n) is 4.80. The zero-order valence-corrected chi connectivity index (χ0v) is 13.2. The van der Waals surface area contributed by atoms with E-state index in [4.69, 9.17) is 18.0 Å². The molecular weight excluding hydrogens is 304 g/mol. The van der Waals surface area contributed by atoms with Gasteiger partial charge in [0.2, 0.25) is 10.0 Å². The molecule has 3 N–H and O–H groups in total. The summed E-state index contributed by atoms with van der Waals surface area (Å²) >= 11 is 4.79. The number of unbranched alkanes of at least 4 members (excludes halogenated alkanes) is 1. The molecule has 0 aromatic heterocycles. The van der Waals surface area contributed by atoms with Gasteiger partial charge in [-0.15, -0.1) is 0 Å². The number of hydrogen-bond acceptors (Lipinski definition) is 3. The van der Waals surface area contributed by atoms with Crippen LogP contribution in [0.4, 0.5) is 0 Å². The Hall–Kier alpha value is -1.50. The summed E-state index contributed by atoms with van der Waals surface area (Å²) in [6, 6.07) is 12.7. The molecule has 6 heteroatoms. The molecule has 4 nitrogen and oxygen atoms in total. The minimum atomic E-state index is -3.50. The van der Waals surface area contributed by atoms with E-state index in [1.807, 2.05) is 30.3 Å². The Morgan fingerprint density at radius 1 is 1.10 bits per heavy atom. The number of rotatable bonds is 7. The molecule has 0 aliphatic rings. The van der Waals surface area contributed by atoms with Crippen LogP contribution in [0.15, 0.2) is 47.4 Å². The molecule has 0 aliphatic carbocycles. The van der Waals surface area contributed by atoms with Gasteiger partial charge in [-0.25, -0.2) is 13.1 Å². The van der Waals surface area contributed by atoms with Crippen molar-refractivity contribution in [1.82, 2.24) is 4.72 Å². The van der Waals surface area contributed by atoms with Gasteiger partial charge in [0.15, 0.2) is 0 Å². The Bertz CT molecular complexity index is 737. The molecule has 0 spiro atoms. The van der Waals surface area contributed by atoms with E-state index in [1.165, 1.54) is 0 Å². The third-order valence-corrected chi connectivity index (χ3v) is 4.90. The standard InChI is InChI=1S/C15H18N2O2S2/c16-15(20)10-3-4-11-17-21(18,19)14-9-5-7-12-6-1-2-8-13(12)14/h1-2,5-9,17H,3-4,10-11H2,(H2,16,20). The Morgan fingerprint density at radius 3 is 2.57 bits per heavy atom. The van der Waals surface area contributed by atoms with Crippen LogP contribution in [-0.4, -0.2) is 20.0 Å². The number of benzene rings is 2. The van der Waals surface area contributed by atoms with E-state index >= 15 is 0 Å². The van der Waals surface area contributed by atoms with Crippen molar-refractivity contribution in [2.24, 2.45) is 5.73 Å². The van der Waals surface area contributed by atoms with Gasteiger partial charge in [0.1, 0.15) is 0 Å². The molecule has 0 saturated heterocycles. The van der Waals surface area contributed by atoms with E-state index in [0.29, 0.717) is 29.3 Å². The first-order chi connectivity index (χ1) is 10.0. The van der Waals surface area contributed by atoms with Gasteiger partial charge in [0, 0.05) is 11.9 Å². The molecule has 112 valence electrons. The lowest BCUT2D eigenvalue weighted by atomic mass is 10.1. The Morgan fingerprint density at radius 2 is 1.81 bits per heavy atom. The summed E-state index contributed by atoms with van der Waals surface area (Å²) < 4.78 is 27.4. The van der Waals surface area contributed by atoms with E-state index in [9.17, 15) is 8.42 Å². The van der Waals surface area contributed by atoms with Crippen LogP contribution in [0.2, 0.25) is 0 Å². The lowest BCUT2D eigenvalue weighted by molar-refractivity contribution is 0.578. The molecule has 0 saturated carbocycles. The number of nitrogens with one attached hydrogen (secondary N) is 1. The topological polar surface area (TPSA) is 72.2 Å². The van der Waals surface area contributed by atoms with Crippen molar-refractivity contribution < 1.29 is 8.42 Å². The predicted molar refractivity (Wildman–Crippen MR) is 89.8 cm³/mol. The molecule has 0 unspecified atom stereocenters. The largest absolute Gasteiger partial charge is 0.393 e. The fraction of sp³-hybridized carbons (Fsp3) is 0.267. The molecule has 21 heavy (non-hydrogen) atoms.